The lowest BCUT2D eigenvalue weighted by atomic mass is 9.63. The number of nitrogens with zero attached hydrogens (tertiary/aromatic N) is 4. The van der Waals surface area contributed by atoms with Crippen LogP contribution in [0.25, 0.3) is 11.1 Å². The van der Waals surface area contributed by atoms with Crippen molar-refractivity contribution in [3.8, 4) is 11.1 Å². The normalized spacial score (nSPS) is 15.8. The van der Waals surface area contributed by atoms with Gasteiger partial charge >= 0.3 is 5.90 Å². The van der Waals surface area contributed by atoms with E-state index in [0.717, 1.165) is 36.0 Å². The molecule has 164 valence electrons. The average Bonchev–Trinajstić information content (AvgIpc) is 2.73. The SMILES string of the molecule is CC(C)(O)c1ccc(C([OH2+])=NC(=N)C2(c3ccc(-c4cnc(N)nc4)cc3)CCC2)cn1. The van der Waals surface area contributed by atoms with Crippen LogP contribution in [0.5, 0.6) is 0 Å². The summed E-state index contributed by atoms with van der Waals surface area (Å²) >= 11 is 0. The van der Waals surface area contributed by atoms with Gasteiger partial charge in [0, 0.05) is 24.2 Å². The van der Waals surface area contributed by atoms with Crippen LogP contribution in [-0.2, 0) is 11.0 Å². The van der Waals surface area contributed by atoms with Crippen LogP contribution in [0.4, 0.5) is 5.95 Å². The summed E-state index contributed by atoms with van der Waals surface area (Å²) in [6.07, 6.45) is 7.55. The first-order valence-corrected chi connectivity index (χ1v) is 10.5. The molecule has 8 heteroatoms. The van der Waals surface area contributed by atoms with Gasteiger partial charge < -0.3 is 15.9 Å². The second-order valence-corrected chi connectivity index (χ2v) is 8.64. The summed E-state index contributed by atoms with van der Waals surface area (Å²) in [5.74, 6) is 0.414. The van der Waals surface area contributed by atoms with Crippen LogP contribution in [0.2, 0.25) is 0 Å². The van der Waals surface area contributed by atoms with E-state index in [4.69, 9.17) is 16.2 Å². The Morgan fingerprint density at radius 1 is 1.03 bits per heavy atom. The Morgan fingerprint density at radius 2 is 1.69 bits per heavy atom. The standard InChI is InChI=1S/C24H26N6O2/c1-23(2,32)19-9-6-16(12-27-19)20(31)30-21(25)24(10-3-11-24)18-7-4-15(5-8-18)17-13-28-22(26)29-14-17/h4-9,12-14,32H,3,10-11H2,1-2H3,(H2,25,30,31)(H2,26,28,29)/p+1. The summed E-state index contributed by atoms with van der Waals surface area (Å²) in [7, 11) is 0. The number of benzene rings is 1. The molecule has 0 aliphatic heterocycles. The maximum Gasteiger partial charge on any atom is 0.367 e. The van der Waals surface area contributed by atoms with E-state index in [1.54, 1.807) is 38.4 Å². The van der Waals surface area contributed by atoms with Gasteiger partial charge in [-0.3, -0.25) is 10.4 Å². The quantitative estimate of drug-likeness (QED) is 0.323. The number of anilines is 1. The molecule has 0 radical (unpaired) electrons. The summed E-state index contributed by atoms with van der Waals surface area (Å²) < 4.78 is 0. The number of hydrogen-bond donors (Lipinski definition) is 3. The van der Waals surface area contributed by atoms with E-state index in [-0.39, 0.29) is 17.7 Å². The number of aliphatic imine (C=N–C) groups is 1. The Hall–Kier alpha value is -3.65. The Bertz CT molecular complexity index is 1140. The molecule has 0 amide bonds. The Balaban J connectivity index is 1.57. The maximum atomic E-state index is 10.1. The third-order valence-corrected chi connectivity index (χ3v) is 5.99. The lowest BCUT2D eigenvalue weighted by Gasteiger charge is -2.41. The lowest BCUT2D eigenvalue weighted by Crippen LogP contribution is -2.41. The fourth-order valence-electron chi connectivity index (χ4n) is 3.84. The van der Waals surface area contributed by atoms with Crippen molar-refractivity contribution in [3.05, 3.63) is 71.8 Å². The van der Waals surface area contributed by atoms with Crippen LogP contribution < -0.4 is 5.73 Å². The Kier molecular flexibility index (Phi) is 5.48. The van der Waals surface area contributed by atoms with E-state index >= 15 is 0 Å². The van der Waals surface area contributed by atoms with Crippen molar-refractivity contribution >= 4 is 17.7 Å². The van der Waals surface area contributed by atoms with Crippen LogP contribution in [0, 0.1) is 5.41 Å². The van der Waals surface area contributed by atoms with Gasteiger partial charge in [0.05, 0.1) is 11.1 Å². The summed E-state index contributed by atoms with van der Waals surface area (Å²) in [5, 5.41) is 27.1. The van der Waals surface area contributed by atoms with Gasteiger partial charge in [0.15, 0.2) is 0 Å². The minimum absolute atomic E-state index is 0.00767. The van der Waals surface area contributed by atoms with E-state index in [9.17, 15) is 5.11 Å². The molecule has 3 aromatic rings. The predicted molar refractivity (Wildman–Crippen MR) is 125 cm³/mol. The first kappa shape index (κ1) is 21.6. The lowest BCUT2D eigenvalue weighted by molar-refractivity contribution is 0.0738. The Morgan fingerprint density at radius 3 is 2.19 bits per heavy atom. The number of amidine groups is 1. The van der Waals surface area contributed by atoms with Crippen molar-refractivity contribution in [1.82, 2.24) is 15.0 Å². The number of aromatic nitrogens is 3. The number of nitrogens with one attached hydrogen (secondary N) is 1. The van der Waals surface area contributed by atoms with Crippen molar-refractivity contribution < 1.29 is 10.2 Å². The first-order chi connectivity index (χ1) is 15.2. The van der Waals surface area contributed by atoms with Gasteiger partial charge in [0.2, 0.25) is 5.95 Å². The van der Waals surface area contributed by atoms with E-state index in [0.29, 0.717) is 11.3 Å². The highest BCUT2D eigenvalue weighted by Crippen LogP contribution is 2.45. The molecule has 8 nitrogen and oxygen atoms in total. The number of aliphatic hydroxyl groups is 1. The minimum atomic E-state index is -1.05. The molecule has 2 heterocycles. The van der Waals surface area contributed by atoms with Crippen LogP contribution in [0.1, 0.15) is 49.9 Å². The number of rotatable bonds is 5. The fraction of sp³-hybridized carbons (Fsp3) is 0.292. The van der Waals surface area contributed by atoms with Gasteiger partial charge in [-0.15, -0.1) is 4.99 Å². The van der Waals surface area contributed by atoms with Crippen molar-refractivity contribution in [2.24, 2.45) is 4.99 Å². The van der Waals surface area contributed by atoms with Gasteiger partial charge in [0.1, 0.15) is 17.0 Å². The molecule has 1 aromatic carbocycles. The van der Waals surface area contributed by atoms with Gasteiger partial charge in [0.25, 0.3) is 0 Å². The third-order valence-electron chi connectivity index (χ3n) is 5.99. The molecule has 1 fully saturated rings. The Labute approximate surface area is 186 Å². The maximum absolute atomic E-state index is 10.1. The molecule has 2 aromatic heterocycles. The van der Waals surface area contributed by atoms with Crippen LogP contribution in [0.3, 0.4) is 0 Å². The average molecular weight is 432 g/mol. The summed E-state index contributed by atoms with van der Waals surface area (Å²) in [6, 6.07) is 11.4. The molecule has 1 aliphatic rings. The molecular formula is C24H27N6O2+. The zero-order valence-electron chi connectivity index (χ0n) is 18.1. The highest BCUT2D eigenvalue weighted by atomic mass is 16.3. The molecule has 6 N–H and O–H groups in total. The molecule has 1 aliphatic carbocycles. The van der Waals surface area contributed by atoms with Crippen LogP contribution >= 0.6 is 0 Å². The van der Waals surface area contributed by atoms with Gasteiger partial charge in [-0.25, -0.2) is 9.97 Å². The summed E-state index contributed by atoms with van der Waals surface area (Å²) in [5.41, 5.74) is 7.92. The van der Waals surface area contributed by atoms with E-state index < -0.39 is 11.0 Å². The molecule has 0 spiro atoms. The number of nitrogens with two attached hydrogens (primary N) is 1. The highest BCUT2D eigenvalue weighted by Gasteiger charge is 2.43. The molecule has 0 unspecified atom stereocenters. The molecule has 0 saturated heterocycles. The second kappa shape index (κ2) is 8.12. The zero-order chi connectivity index (χ0) is 22.9. The molecule has 32 heavy (non-hydrogen) atoms. The molecule has 0 atom stereocenters. The van der Waals surface area contributed by atoms with Gasteiger partial charge in [-0.1, -0.05) is 30.7 Å². The van der Waals surface area contributed by atoms with Crippen molar-refractivity contribution in [2.45, 2.75) is 44.1 Å². The van der Waals surface area contributed by atoms with Gasteiger partial charge in [-0.05, 0) is 49.9 Å². The molecule has 0 bridgehead atoms. The second-order valence-electron chi connectivity index (χ2n) is 8.64. The molecular weight excluding hydrogens is 404 g/mol. The van der Waals surface area contributed by atoms with E-state index in [2.05, 4.69) is 19.9 Å². The topological polar surface area (TPSA) is 144 Å². The number of hydrogen-bond acceptors (Lipinski definition) is 6. The summed E-state index contributed by atoms with van der Waals surface area (Å²) in [6.45, 7) is 3.32. The first-order valence-electron chi connectivity index (χ1n) is 10.5. The largest absolute Gasteiger partial charge is 0.578 e. The summed E-state index contributed by atoms with van der Waals surface area (Å²) in [4.78, 5) is 16.6. The number of pyridine rings is 1. The monoisotopic (exact) mass is 431 g/mol. The molecule has 4 rings (SSSR count). The fourth-order valence-corrected chi connectivity index (χ4v) is 3.84. The smallest absolute Gasteiger partial charge is 0.367 e. The van der Waals surface area contributed by atoms with Crippen molar-refractivity contribution in [1.29, 1.82) is 5.41 Å². The third kappa shape index (κ3) is 4.09. The van der Waals surface area contributed by atoms with Crippen LogP contribution in [-0.4, -0.2) is 36.9 Å². The van der Waals surface area contributed by atoms with Crippen molar-refractivity contribution in [3.63, 3.8) is 0 Å². The van der Waals surface area contributed by atoms with E-state index in [1.165, 1.54) is 6.20 Å². The zero-order valence-corrected chi connectivity index (χ0v) is 18.1. The van der Waals surface area contributed by atoms with Crippen LogP contribution in [0.15, 0.2) is 60.0 Å². The number of nitrogen functional groups attached to an aromatic ring is 1. The van der Waals surface area contributed by atoms with E-state index in [1.807, 2.05) is 24.3 Å². The minimum Gasteiger partial charge on any atom is -0.578 e. The van der Waals surface area contributed by atoms with Gasteiger partial charge in [-0.2, -0.15) is 0 Å². The molecule has 1 saturated carbocycles. The highest BCUT2D eigenvalue weighted by molar-refractivity contribution is 6.04. The predicted octanol–water partition coefficient (Wildman–Crippen LogP) is 2.92. The van der Waals surface area contributed by atoms with Crippen molar-refractivity contribution in [2.75, 3.05) is 5.73 Å².